The minimum atomic E-state index is -0.786. The van der Waals surface area contributed by atoms with E-state index in [-0.39, 0.29) is 17.8 Å². The minimum Gasteiger partial charge on any atom is -0.459 e. The highest BCUT2D eigenvalue weighted by Crippen LogP contribution is 2.50. The fourth-order valence-corrected chi connectivity index (χ4v) is 3.98. The number of rotatable bonds is 3. The number of esters is 3. The summed E-state index contributed by atoms with van der Waals surface area (Å²) in [4.78, 5) is 35.3. The average Bonchev–Trinajstić information content (AvgIpc) is 2.64. The minimum absolute atomic E-state index is 0.300. The molecule has 1 heterocycles. The first-order valence-corrected chi connectivity index (χ1v) is 7.70. The van der Waals surface area contributed by atoms with Crippen molar-refractivity contribution in [2.75, 3.05) is 7.11 Å². The zero-order valence-electron chi connectivity index (χ0n) is 14.3. The van der Waals surface area contributed by atoms with E-state index in [1.807, 2.05) is 13.8 Å². The third kappa shape index (κ3) is 3.06. The molecule has 0 bridgehead atoms. The van der Waals surface area contributed by atoms with Gasteiger partial charge in [-0.05, 0) is 13.8 Å². The van der Waals surface area contributed by atoms with Crippen LogP contribution in [-0.2, 0) is 33.3 Å². The molecule has 23 heavy (non-hydrogen) atoms. The Bertz CT molecular complexity index is 513. The molecule has 1 aliphatic heterocycles. The molecule has 1 saturated heterocycles. The Kier molecular flexibility index (Phi) is 4.71. The van der Waals surface area contributed by atoms with Gasteiger partial charge in [-0.1, -0.05) is 6.92 Å². The molecule has 7 heteroatoms. The van der Waals surface area contributed by atoms with E-state index in [1.165, 1.54) is 21.0 Å². The zero-order chi connectivity index (χ0) is 17.5. The van der Waals surface area contributed by atoms with Crippen molar-refractivity contribution in [1.29, 1.82) is 0 Å². The maximum atomic E-state index is 12.3. The topological polar surface area (TPSA) is 88.1 Å². The molecule has 2 fully saturated rings. The molecule has 2 rings (SSSR count). The van der Waals surface area contributed by atoms with Crippen molar-refractivity contribution in [3.63, 3.8) is 0 Å². The van der Waals surface area contributed by atoms with E-state index >= 15 is 0 Å². The molecule has 0 spiro atoms. The highest BCUT2D eigenvalue weighted by atomic mass is 16.6. The number of fused-ring (bicyclic) bond motifs is 1. The molecule has 0 unspecified atom stereocenters. The Morgan fingerprint density at radius 2 is 1.57 bits per heavy atom. The summed E-state index contributed by atoms with van der Waals surface area (Å²) in [5.41, 5.74) is -0.754. The van der Waals surface area contributed by atoms with E-state index in [2.05, 4.69) is 0 Å². The van der Waals surface area contributed by atoms with Gasteiger partial charge in [0.1, 0.15) is 17.8 Å². The van der Waals surface area contributed by atoms with Gasteiger partial charge in [0.15, 0.2) is 6.10 Å². The van der Waals surface area contributed by atoms with Crippen LogP contribution in [0.2, 0.25) is 0 Å². The van der Waals surface area contributed by atoms with E-state index in [4.69, 9.17) is 18.9 Å². The monoisotopic (exact) mass is 328 g/mol. The molecule has 1 saturated carbocycles. The molecule has 130 valence electrons. The van der Waals surface area contributed by atoms with Crippen LogP contribution in [0.25, 0.3) is 0 Å². The predicted molar refractivity (Wildman–Crippen MR) is 78.2 cm³/mol. The molecule has 0 aromatic heterocycles. The summed E-state index contributed by atoms with van der Waals surface area (Å²) in [6.07, 6.45) is -2.15. The van der Waals surface area contributed by atoms with Crippen molar-refractivity contribution in [1.82, 2.24) is 0 Å². The van der Waals surface area contributed by atoms with Crippen LogP contribution in [0.4, 0.5) is 0 Å². The van der Waals surface area contributed by atoms with Gasteiger partial charge < -0.3 is 18.9 Å². The fourth-order valence-electron chi connectivity index (χ4n) is 3.98. The molecule has 1 aliphatic carbocycles. The van der Waals surface area contributed by atoms with Crippen molar-refractivity contribution in [2.45, 2.75) is 58.5 Å². The van der Waals surface area contributed by atoms with Crippen LogP contribution in [0.15, 0.2) is 0 Å². The van der Waals surface area contributed by atoms with Gasteiger partial charge in [0.2, 0.25) is 0 Å². The number of hydrogen-bond acceptors (Lipinski definition) is 7. The third-order valence-electron chi connectivity index (χ3n) is 4.79. The first-order chi connectivity index (χ1) is 10.6. The van der Waals surface area contributed by atoms with Crippen molar-refractivity contribution < 1.29 is 33.3 Å². The SMILES string of the molecule is CO[C@H]1[C@H](OC(C)=O)[C@@H](OC(C)=O)[C@H](C)[C@@H]2C(=O)OC(C)(C)[C@H]12. The molecular formula is C16H24O7. The van der Waals surface area contributed by atoms with Gasteiger partial charge in [-0.25, -0.2) is 0 Å². The van der Waals surface area contributed by atoms with Gasteiger partial charge in [-0.3, -0.25) is 14.4 Å². The third-order valence-corrected chi connectivity index (χ3v) is 4.79. The number of carbonyl (C=O) groups is 3. The van der Waals surface area contributed by atoms with Crippen LogP contribution in [0.1, 0.15) is 34.6 Å². The highest BCUT2D eigenvalue weighted by Gasteiger charge is 2.64. The standard InChI is InChI=1S/C16H24O7/c1-7-10-11(16(4,5)23-15(10)19)13(20-6)14(22-9(3)18)12(7)21-8(2)17/h7,10-14H,1-6H3/t7-,10+,11+,12+,13-,14-/m1/s1. The first-order valence-electron chi connectivity index (χ1n) is 7.70. The molecule has 0 aromatic rings. The second-order valence-corrected chi connectivity index (χ2v) is 6.78. The van der Waals surface area contributed by atoms with Gasteiger partial charge in [0, 0.05) is 32.8 Å². The lowest BCUT2D eigenvalue weighted by Gasteiger charge is -2.46. The predicted octanol–water partition coefficient (Wildman–Crippen LogP) is 1.08. The quantitative estimate of drug-likeness (QED) is 0.566. The summed E-state index contributed by atoms with van der Waals surface area (Å²) in [5, 5.41) is 0. The van der Waals surface area contributed by atoms with E-state index in [1.54, 1.807) is 6.92 Å². The number of hydrogen-bond donors (Lipinski definition) is 0. The van der Waals surface area contributed by atoms with E-state index in [0.29, 0.717) is 0 Å². The number of methoxy groups -OCH3 is 1. The fraction of sp³-hybridized carbons (Fsp3) is 0.812. The van der Waals surface area contributed by atoms with E-state index in [0.717, 1.165) is 0 Å². The second-order valence-electron chi connectivity index (χ2n) is 6.78. The van der Waals surface area contributed by atoms with Crippen molar-refractivity contribution in [3.05, 3.63) is 0 Å². The molecular weight excluding hydrogens is 304 g/mol. The van der Waals surface area contributed by atoms with Crippen molar-refractivity contribution in [3.8, 4) is 0 Å². The normalized spacial score (nSPS) is 38.4. The maximum absolute atomic E-state index is 12.3. The summed E-state index contributed by atoms with van der Waals surface area (Å²) in [7, 11) is 1.48. The van der Waals surface area contributed by atoms with Crippen LogP contribution in [0, 0.1) is 17.8 Å². The molecule has 0 amide bonds. The Balaban J connectivity index is 2.46. The lowest BCUT2D eigenvalue weighted by atomic mass is 9.64. The molecule has 2 aliphatic rings. The highest BCUT2D eigenvalue weighted by molar-refractivity contribution is 5.77. The summed E-state index contributed by atoms with van der Waals surface area (Å²) in [6, 6.07) is 0. The van der Waals surface area contributed by atoms with Gasteiger partial charge in [0.25, 0.3) is 0 Å². The Labute approximate surface area is 135 Å². The van der Waals surface area contributed by atoms with E-state index in [9.17, 15) is 14.4 Å². The van der Waals surface area contributed by atoms with Crippen LogP contribution >= 0.6 is 0 Å². The smallest absolute Gasteiger partial charge is 0.310 e. The largest absolute Gasteiger partial charge is 0.459 e. The summed E-state index contributed by atoms with van der Waals surface area (Å²) in [6.45, 7) is 7.99. The van der Waals surface area contributed by atoms with Gasteiger partial charge >= 0.3 is 17.9 Å². The molecule has 0 radical (unpaired) electrons. The van der Waals surface area contributed by atoms with Gasteiger partial charge in [-0.15, -0.1) is 0 Å². The second kappa shape index (κ2) is 6.11. The van der Waals surface area contributed by atoms with Crippen molar-refractivity contribution in [2.24, 2.45) is 17.8 Å². The first kappa shape index (κ1) is 17.7. The Hall–Kier alpha value is -1.63. The maximum Gasteiger partial charge on any atom is 0.310 e. The number of ether oxygens (including phenoxy) is 4. The Morgan fingerprint density at radius 3 is 2.04 bits per heavy atom. The molecule has 7 nitrogen and oxygen atoms in total. The van der Waals surface area contributed by atoms with Crippen LogP contribution < -0.4 is 0 Å². The lowest BCUT2D eigenvalue weighted by molar-refractivity contribution is -0.209. The van der Waals surface area contributed by atoms with Crippen molar-refractivity contribution >= 4 is 17.9 Å². The summed E-state index contributed by atoms with van der Waals surface area (Å²) >= 11 is 0. The van der Waals surface area contributed by atoms with Crippen LogP contribution in [-0.4, -0.2) is 48.9 Å². The molecule has 6 atom stereocenters. The van der Waals surface area contributed by atoms with Gasteiger partial charge in [0.05, 0.1) is 5.92 Å². The molecule has 0 aromatic carbocycles. The van der Waals surface area contributed by atoms with Gasteiger partial charge in [-0.2, -0.15) is 0 Å². The number of cyclic esters (lactones) is 1. The lowest BCUT2D eigenvalue weighted by Crippen LogP contribution is -2.61. The van der Waals surface area contributed by atoms with Crippen LogP contribution in [0.3, 0.4) is 0 Å². The van der Waals surface area contributed by atoms with E-state index < -0.39 is 41.8 Å². The van der Waals surface area contributed by atoms with Crippen LogP contribution in [0.5, 0.6) is 0 Å². The average molecular weight is 328 g/mol. The summed E-state index contributed by atoms with van der Waals surface area (Å²) < 4.78 is 21.8. The molecule has 0 N–H and O–H groups in total. The summed E-state index contributed by atoms with van der Waals surface area (Å²) in [5.74, 6) is -2.47. The zero-order valence-corrected chi connectivity index (χ0v) is 14.3. The Morgan fingerprint density at radius 1 is 1.04 bits per heavy atom. The number of carbonyl (C=O) groups excluding carboxylic acids is 3.